The summed E-state index contributed by atoms with van der Waals surface area (Å²) in [4.78, 5) is 27.0. The minimum Gasteiger partial charge on any atom is -0.353 e. The molecule has 0 aromatic heterocycles. The minimum absolute atomic E-state index is 0. The van der Waals surface area contributed by atoms with Crippen molar-refractivity contribution >= 4 is 24.2 Å². The fraction of sp³-hybridized carbons (Fsp3) is 0.600. The van der Waals surface area contributed by atoms with Crippen LogP contribution < -0.4 is 11.1 Å². The minimum atomic E-state index is -0.397. The van der Waals surface area contributed by atoms with Crippen molar-refractivity contribution in [1.82, 2.24) is 10.2 Å². The summed E-state index contributed by atoms with van der Waals surface area (Å²) in [5, 5.41) is 3.19. The smallest absolute Gasteiger partial charge is 0.253 e. The first-order chi connectivity index (χ1) is 12.0. The van der Waals surface area contributed by atoms with E-state index in [0.29, 0.717) is 13.1 Å². The third-order valence-corrected chi connectivity index (χ3v) is 5.72. The van der Waals surface area contributed by atoms with Crippen molar-refractivity contribution in [3.8, 4) is 0 Å². The number of benzene rings is 1. The van der Waals surface area contributed by atoms with Gasteiger partial charge in [-0.05, 0) is 44.7 Å². The van der Waals surface area contributed by atoms with Gasteiger partial charge >= 0.3 is 0 Å². The lowest BCUT2D eigenvalue weighted by atomic mass is 9.74. The lowest BCUT2D eigenvalue weighted by Crippen LogP contribution is -2.55. The molecule has 2 fully saturated rings. The van der Waals surface area contributed by atoms with Crippen molar-refractivity contribution in [1.29, 1.82) is 0 Å². The maximum atomic E-state index is 12.6. The number of hydrogen-bond acceptors (Lipinski definition) is 3. The molecule has 1 saturated carbocycles. The highest BCUT2D eigenvalue weighted by molar-refractivity contribution is 5.94. The molecule has 3 N–H and O–H groups in total. The van der Waals surface area contributed by atoms with E-state index in [4.69, 9.17) is 5.73 Å². The van der Waals surface area contributed by atoms with Crippen LogP contribution in [0, 0.1) is 5.92 Å². The second-order valence-corrected chi connectivity index (χ2v) is 7.75. The molecule has 0 spiro atoms. The molecule has 1 aromatic carbocycles. The first kappa shape index (κ1) is 20.7. The van der Waals surface area contributed by atoms with Gasteiger partial charge < -0.3 is 16.0 Å². The van der Waals surface area contributed by atoms with E-state index < -0.39 is 5.54 Å². The Hall–Kier alpha value is -1.59. The molecule has 1 aliphatic heterocycles. The number of hydrogen-bond donors (Lipinski definition) is 2. The quantitative estimate of drug-likeness (QED) is 0.847. The van der Waals surface area contributed by atoms with Gasteiger partial charge in [0.2, 0.25) is 5.91 Å². The van der Waals surface area contributed by atoms with Crippen LogP contribution >= 0.6 is 12.4 Å². The molecule has 26 heavy (non-hydrogen) atoms. The number of piperidine rings is 1. The zero-order valence-corrected chi connectivity index (χ0v) is 16.3. The molecule has 5 nitrogen and oxygen atoms in total. The summed E-state index contributed by atoms with van der Waals surface area (Å²) in [5.74, 6) is 0.0787. The molecular formula is C20H30ClN3O2. The number of nitrogens with zero attached hydrogens (tertiary/aromatic N) is 1. The van der Waals surface area contributed by atoms with Crippen LogP contribution in [0.1, 0.15) is 55.8 Å². The largest absolute Gasteiger partial charge is 0.353 e. The molecule has 6 heteroatoms. The Morgan fingerprint density at radius 3 is 2.38 bits per heavy atom. The molecule has 2 amide bonds. The van der Waals surface area contributed by atoms with Gasteiger partial charge in [0, 0.05) is 30.2 Å². The number of carbonyl (C=O) groups is 2. The van der Waals surface area contributed by atoms with Crippen LogP contribution in [0.25, 0.3) is 0 Å². The summed E-state index contributed by atoms with van der Waals surface area (Å²) < 4.78 is 0. The van der Waals surface area contributed by atoms with Gasteiger partial charge in [-0.15, -0.1) is 12.4 Å². The molecule has 1 saturated heterocycles. The summed E-state index contributed by atoms with van der Waals surface area (Å²) in [6.07, 6.45) is 5.58. The maximum absolute atomic E-state index is 12.6. The number of rotatable bonds is 3. The van der Waals surface area contributed by atoms with Crippen LogP contribution in [0.5, 0.6) is 0 Å². The molecule has 144 valence electrons. The standard InChI is InChI=1S/C20H29N3O2.ClH/c1-20(21)12-6-5-9-17(20)18(24)22-16-10-13-23(14-11-16)19(25)15-7-3-2-4-8-15;/h2-4,7-8,16-17H,5-6,9-14,21H2,1H3,(H,22,24);1H. The lowest BCUT2D eigenvalue weighted by Gasteiger charge is -2.39. The van der Waals surface area contributed by atoms with E-state index in [0.717, 1.165) is 44.1 Å². The molecule has 0 radical (unpaired) electrons. The van der Waals surface area contributed by atoms with Crippen LogP contribution in [0.3, 0.4) is 0 Å². The molecule has 1 aromatic rings. The van der Waals surface area contributed by atoms with E-state index in [-0.39, 0.29) is 36.2 Å². The number of nitrogens with one attached hydrogen (secondary N) is 1. The highest BCUT2D eigenvalue weighted by atomic mass is 35.5. The van der Waals surface area contributed by atoms with E-state index in [2.05, 4.69) is 5.32 Å². The molecule has 1 heterocycles. The summed E-state index contributed by atoms with van der Waals surface area (Å²) in [5.41, 5.74) is 6.67. The number of amides is 2. The average molecular weight is 380 g/mol. The van der Waals surface area contributed by atoms with E-state index in [1.165, 1.54) is 0 Å². The van der Waals surface area contributed by atoms with Gasteiger partial charge in [-0.25, -0.2) is 0 Å². The normalized spacial score (nSPS) is 26.7. The fourth-order valence-corrected chi connectivity index (χ4v) is 4.08. The molecule has 0 bridgehead atoms. The van der Waals surface area contributed by atoms with Gasteiger partial charge in [0.1, 0.15) is 0 Å². The lowest BCUT2D eigenvalue weighted by molar-refractivity contribution is -0.129. The van der Waals surface area contributed by atoms with Gasteiger partial charge in [0.15, 0.2) is 0 Å². The SMILES string of the molecule is CC1(N)CCCCC1C(=O)NC1CCN(C(=O)c2ccccc2)CC1.Cl. The van der Waals surface area contributed by atoms with Crippen molar-refractivity contribution in [3.05, 3.63) is 35.9 Å². The molecule has 1 aliphatic carbocycles. The van der Waals surface area contributed by atoms with Crippen molar-refractivity contribution in [2.75, 3.05) is 13.1 Å². The molecule has 2 unspecified atom stereocenters. The fourth-order valence-electron chi connectivity index (χ4n) is 4.08. The third-order valence-electron chi connectivity index (χ3n) is 5.72. The number of carbonyl (C=O) groups excluding carboxylic acids is 2. The highest BCUT2D eigenvalue weighted by Crippen LogP contribution is 2.32. The van der Waals surface area contributed by atoms with Gasteiger partial charge in [0.25, 0.3) is 5.91 Å². The Labute approximate surface area is 162 Å². The molecule has 2 aliphatic rings. The Morgan fingerprint density at radius 2 is 1.77 bits per heavy atom. The summed E-state index contributed by atoms with van der Waals surface area (Å²) in [7, 11) is 0. The van der Waals surface area contributed by atoms with Crippen molar-refractivity contribution in [2.24, 2.45) is 11.7 Å². The topological polar surface area (TPSA) is 75.4 Å². The molecule has 2 atom stereocenters. The molecular weight excluding hydrogens is 350 g/mol. The first-order valence-electron chi connectivity index (χ1n) is 9.41. The molecule has 3 rings (SSSR count). The predicted molar refractivity (Wildman–Crippen MR) is 105 cm³/mol. The van der Waals surface area contributed by atoms with E-state index in [9.17, 15) is 9.59 Å². The summed E-state index contributed by atoms with van der Waals surface area (Å²) in [6, 6.07) is 9.52. The number of nitrogens with two attached hydrogens (primary N) is 1. The third kappa shape index (κ3) is 4.77. The maximum Gasteiger partial charge on any atom is 0.253 e. The van der Waals surface area contributed by atoms with Gasteiger partial charge in [-0.2, -0.15) is 0 Å². The Bertz CT molecular complexity index is 613. The highest BCUT2D eigenvalue weighted by Gasteiger charge is 2.38. The summed E-state index contributed by atoms with van der Waals surface area (Å²) in [6.45, 7) is 3.37. The van der Waals surface area contributed by atoms with Crippen LogP contribution in [0.2, 0.25) is 0 Å². The number of halogens is 1. The van der Waals surface area contributed by atoms with E-state index in [1.54, 1.807) is 0 Å². The van der Waals surface area contributed by atoms with Crippen LogP contribution in [0.15, 0.2) is 30.3 Å². The number of likely N-dealkylation sites (tertiary alicyclic amines) is 1. The Kier molecular flexibility index (Phi) is 7.07. The Balaban J connectivity index is 0.00000243. The van der Waals surface area contributed by atoms with E-state index >= 15 is 0 Å². The summed E-state index contributed by atoms with van der Waals surface area (Å²) >= 11 is 0. The Morgan fingerprint density at radius 1 is 1.12 bits per heavy atom. The van der Waals surface area contributed by atoms with Gasteiger partial charge in [-0.1, -0.05) is 31.0 Å². The average Bonchev–Trinajstić information content (AvgIpc) is 2.62. The second kappa shape index (κ2) is 8.87. The van der Waals surface area contributed by atoms with Gasteiger partial charge in [0.05, 0.1) is 5.92 Å². The van der Waals surface area contributed by atoms with E-state index in [1.807, 2.05) is 42.2 Å². The van der Waals surface area contributed by atoms with Crippen LogP contribution in [-0.4, -0.2) is 41.4 Å². The van der Waals surface area contributed by atoms with Crippen LogP contribution in [-0.2, 0) is 4.79 Å². The predicted octanol–water partition coefficient (Wildman–Crippen LogP) is 2.74. The first-order valence-corrected chi connectivity index (χ1v) is 9.41. The zero-order chi connectivity index (χ0) is 17.9. The zero-order valence-electron chi connectivity index (χ0n) is 15.4. The monoisotopic (exact) mass is 379 g/mol. The van der Waals surface area contributed by atoms with Crippen LogP contribution in [0.4, 0.5) is 0 Å². The van der Waals surface area contributed by atoms with Crippen molar-refractivity contribution < 1.29 is 9.59 Å². The second-order valence-electron chi connectivity index (χ2n) is 7.75. The van der Waals surface area contributed by atoms with Crippen molar-refractivity contribution in [3.63, 3.8) is 0 Å². The van der Waals surface area contributed by atoms with Gasteiger partial charge in [-0.3, -0.25) is 9.59 Å². The van der Waals surface area contributed by atoms with Crippen molar-refractivity contribution in [2.45, 2.75) is 57.0 Å².